The van der Waals surface area contributed by atoms with E-state index in [1.54, 1.807) is 0 Å². The Morgan fingerprint density at radius 2 is 2.11 bits per heavy atom. The molecular weight excluding hydrogens is 275 g/mol. The summed E-state index contributed by atoms with van der Waals surface area (Å²) in [5.74, 6) is 0. The first-order chi connectivity index (χ1) is 8.05. The van der Waals surface area contributed by atoms with Crippen molar-refractivity contribution < 1.29 is 26.7 Å². The van der Waals surface area contributed by atoms with E-state index in [0.29, 0.717) is 4.31 Å². The largest absolute Gasteiger partial charge is 0.415 e. The fourth-order valence-electron chi connectivity index (χ4n) is 1.13. The third-order valence-electron chi connectivity index (χ3n) is 2.16. The van der Waals surface area contributed by atoms with E-state index in [4.69, 9.17) is 5.11 Å². The maximum absolute atomic E-state index is 12.1. The van der Waals surface area contributed by atoms with Gasteiger partial charge >= 0.3 is 6.18 Å². The van der Waals surface area contributed by atoms with Crippen LogP contribution in [0.2, 0.25) is 0 Å². The number of nitrogens with zero attached hydrogens (tertiary/aromatic N) is 3. The third-order valence-corrected chi connectivity index (χ3v) is 3.87. The number of hydrogen-bond donors (Lipinski definition) is 1. The SMILES string of the molecule is CN(C[C@@H](O)C(F)(F)F)S(=O)(=O)c1cn(C)cn1. The van der Waals surface area contributed by atoms with Gasteiger partial charge in [0.25, 0.3) is 10.0 Å². The zero-order chi connectivity index (χ0) is 14.1. The van der Waals surface area contributed by atoms with Crippen molar-refractivity contribution in [1.82, 2.24) is 13.9 Å². The van der Waals surface area contributed by atoms with Gasteiger partial charge < -0.3 is 9.67 Å². The number of aromatic nitrogens is 2. The lowest BCUT2D eigenvalue weighted by atomic mass is 10.3. The zero-order valence-corrected chi connectivity index (χ0v) is 10.4. The van der Waals surface area contributed by atoms with Gasteiger partial charge in [0.05, 0.1) is 6.33 Å². The van der Waals surface area contributed by atoms with E-state index in [1.807, 2.05) is 0 Å². The van der Waals surface area contributed by atoms with Crippen LogP contribution in [0.25, 0.3) is 0 Å². The molecule has 1 heterocycles. The number of aliphatic hydroxyl groups is 1. The summed E-state index contributed by atoms with van der Waals surface area (Å²) in [7, 11) is -1.66. The molecule has 1 aromatic heterocycles. The van der Waals surface area contributed by atoms with Gasteiger partial charge in [0.15, 0.2) is 11.1 Å². The lowest BCUT2D eigenvalue weighted by Crippen LogP contribution is -2.41. The maximum Gasteiger partial charge on any atom is 0.415 e. The summed E-state index contributed by atoms with van der Waals surface area (Å²) in [6.45, 7) is -1.08. The number of imidazole rings is 1. The second-order valence-electron chi connectivity index (χ2n) is 3.72. The highest BCUT2D eigenvalue weighted by molar-refractivity contribution is 7.89. The Labute approximate surface area is 102 Å². The van der Waals surface area contributed by atoms with Crippen molar-refractivity contribution in [3.05, 3.63) is 12.5 Å². The van der Waals surface area contributed by atoms with Crippen LogP contribution in [-0.4, -0.2) is 53.3 Å². The van der Waals surface area contributed by atoms with Crippen molar-refractivity contribution in [2.45, 2.75) is 17.3 Å². The average Bonchev–Trinajstić information content (AvgIpc) is 2.63. The molecule has 0 amide bonds. The molecule has 10 heteroatoms. The van der Waals surface area contributed by atoms with Gasteiger partial charge in [0, 0.05) is 26.8 Å². The van der Waals surface area contributed by atoms with Crippen molar-refractivity contribution in [2.24, 2.45) is 7.05 Å². The number of alkyl halides is 3. The molecule has 18 heavy (non-hydrogen) atoms. The minimum absolute atomic E-state index is 0.373. The Morgan fingerprint density at radius 3 is 2.50 bits per heavy atom. The molecule has 1 aromatic rings. The van der Waals surface area contributed by atoms with Crippen LogP contribution in [0.3, 0.4) is 0 Å². The number of hydrogen-bond acceptors (Lipinski definition) is 4. The molecule has 0 bridgehead atoms. The molecule has 0 saturated heterocycles. The highest BCUT2D eigenvalue weighted by Crippen LogP contribution is 2.22. The van der Waals surface area contributed by atoms with Gasteiger partial charge in [-0.2, -0.15) is 17.5 Å². The fraction of sp³-hybridized carbons (Fsp3) is 0.625. The summed E-state index contributed by atoms with van der Waals surface area (Å²) >= 11 is 0. The first kappa shape index (κ1) is 14.9. The van der Waals surface area contributed by atoms with E-state index in [0.717, 1.165) is 13.2 Å². The molecule has 1 N–H and O–H groups in total. The Bertz CT molecular complexity index is 511. The summed E-state index contributed by atoms with van der Waals surface area (Å²) in [5, 5.41) is 8.44. The zero-order valence-electron chi connectivity index (χ0n) is 9.59. The molecule has 0 fully saturated rings. The van der Waals surface area contributed by atoms with Gasteiger partial charge in [-0.05, 0) is 0 Å². The first-order valence-corrected chi connectivity index (χ1v) is 6.18. The van der Waals surface area contributed by atoms with Gasteiger partial charge in [-0.1, -0.05) is 0 Å². The highest BCUT2D eigenvalue weighted by atomic mass is 32.2. The van der Waals surface area contributed by atoms with Crippen LogP contribution < -0.4 is 0 Å². The molecule has 0 saturated carbocycles. The van der Waals surface area contributed by atoms with Crippen molar-refractivity contribution in [2.75, 3.05) is 13.6 Å². The second-order valence-corrected chi connectivity index (χ2v) is 5.71. The summed E-state index contributed by atoms with van der Waals surface area (Å²) < 4.78 is 61.7. The molecule has 0 radical (unpaired) electrons. The predicted molar refractivity (Wildman–Crippen MR) is 55.1 cm³/mol. The fourth-order valence-corrected chi connectivity index (χ4v) is 2.26. The van der Waals surface area contributed by atoms with Gasteiger partial charge in [-0.25, -0.2) is 13.4 Å². The van der Waals surface area contributed by atoms with Crippen LogP contribution in [0.4, 0.5) is 13.2 Å². The molecule has 0 aliphatic rings. The molecular formula is C8H12F3N3O3S. The van der Waals surface area contributed by atoms with Gasteiger partial charge in [-0.3, -0.25) is 0 Å². The predicted octanol–water partition coefficient (Wildman–Crippen LogP) is -0.0362. The van der Waals surface area contributed by atoms with E-state index in [1.165, 1.54) is 17.9 Å². The van der Waals surface area contributed by atoms with Gasteiger partial charge in [-0.15, -0.1) is 0 Å². The van der Waals surface area contributed by atoms with Crippen molar-refractivity contribution in [3.8, 4) is 0 Å². The van der Waals surface area contributed by atoms with Gasteiger partial charge in [0.1, 0.15) is 0 Å². The van der Waals surface area contributed by atoms with E-state index < -0.39 is 28.8 Å². The Balaban J connectivity index is 2.87. The monoisotopic (exact) mass is 287 g/mol. The van der Waals surface area contributed by atoms with E-state index in [9.17, 15) is 21.6 Å². The number of sulfonamides is 1. The van der Waals surface area contributed by atoms with Crippen molar-refractivity contribution in [3.63, 3.8) is 0 Å². The number of aliphatic hydroxyl groups excluding tert-OH is 1. The van der Waals surface area contributed by atoms with Crippen LogP contribution in [0.15, 0.2) is 17.6 Å². The molecule has 0 aliphatic heterocycles. The van der Waals surface area contributed by atoms with Crippen LogP contribution >= 0.6 is 0 Å². The third kappa shape index (κ3) is 3.21. The molecule has 0 aliphatic carbocycles. The molecule has 104 valence electrons. The number of likely N-dealkylation sites (N-methyl/N-ethyl adjacent to an activating group) is 1. The minimum atomic E-state index is -4.87. The van der Waals surface area contributed by atoms with E-state index >= 15 is 0 Å². The molecule has 1 rings (SSSR count). The second kappa shape index (κ2) is 4.86. The Hall–Kier alpha value is -1.13. The standard InChI is InChI=1S/C8H12F3N3O3S/c1-13-4-7(12-5-13)18(16,17)14(2)3-6(15)8(9,10)11/h4-6,15H,3H2,1-2H3/t6-/m1/s1. The lowest BCUT2D eigenvalue weighted by molar-refractivity contribution is -0.204. The number of rotatable bonds is 4. The summed E-state index contributed by atoms with van der Waals surface area (Å²) in [4.78, 5) is 3.55. The van der Waals surface area contributed by atoms with Crippen molar-refractivity contribution >= 4 is 10.0 Å². The Kier molecular flexibility index (Phi) is 4.03. The Morgan fingerprint density at radius 1 is 1.56 bits per heavy atom. The first-order valence-electron chi connectivity index (χ1n) is 4.74. The topological polar surface area (TPSA) is 75.4 Å². The molecule has 6 nitrogen and oxygen atoms in total. The quantitative estimate of drug-likeness (QED) is 0.843. The lowest BCUT2D eigenvalue weighted by Gasteiger charge is -2.21. The minimum Gasteiger partial charge on any atom is -0.382 e. The highest BCUT2D eigenvalue weighted by Gasteiger charge is 2.40. The van der Waals surface area contributed by atoms with E-state index in [2.05, 4.69) is 4.98 Å². The smallest absolute Gasteiger partial charge is 0.382 e. The summed E-state index contributed by atoms with van der Waals surface area (Å²) in [6, 6.07) is 0. The van der Waals surface area contributed by atoms with Crippen LogP contribution in [-0.2, 0) is 17.1 Å². The average molecular weight is 287 g/mol. The van der Waals surface area contributed by atoms with Crippen LogP contribution in [0.1, 0.15) is 0 Å². The molecule has 0 aromatic carbocycles. The van der Waals surface area contributed by atoms with Crippen LogP contribution in [0.5, 0.6) is 0 Å². The molecule has 0 spiro atoms. The maximum atomic E-state index is 12.1. The summed E-state index contributed by atoms with van der Waals surface area (Å²) in [5.41, 5.74) is 0. The van der Waals surface area contributed by atoms with Crippen LogP contribution in [0, 0.1) is 0 Å². The summed E-state index contributed by atoms with van der Waals surface area (Å²) in [6.07, 6.45) is -5.23. The van der Waals surface area contributed by atoms with Gasteiger partial charge in [0.2, 0.25) is 0 Å². The number of halogens is 3. The molecule has 0 unspecified atom stereocenters. The number of aryl methyl sites for hydroxylation is 1. The molecule has 1 atom stereocenters. The van der Waals surface area contributed by atoms with E-state index in [-0.39, 0.29) is 5.03 Å². The normalized spacial score (nSPS) is 15.1. The van der Waals surface area contributed by atoms with Crippen molar-refractivity contribution in [1.29, 1.82) is 0 Å².